The number of carbonyl (C=O) groups excluding carboxylic acids is 3. The van der Waals surface area contributed by atoms with Crippen molar-refractivity contribution in [3.8, 4) is 0 Å². The average Bonchev–Trinajstić information content (AvgIpc) is 3.41. The van der Waals surface area contributed by atoms with E-state index in [9.17, 15) is 22.8 Å². The summed E-state index contributed by atoms with van der Waals surface area (Å²) in [5.41, 5.74) is 0. The van der Waals surface area contributed by atoms with Crippen molar-refractivity contribution in [3.05, 3.63) is 0 Å². The van der Waals surface area contributed by atoms with E-state index >= 15 is 0 Å². The highest BCUT2D eigenvalue weighted by Crippen LogP contribution is 2.16. The number of unbranched alkanes of at least 4 members (excludes halogenated alkanes) is 36. The number of rotatable bonds is 58. The first kappa shape index (κ1) is 83.1. The van der Waals surface area contributed by atoms with E-state index in [1.807, 2.05) is 35.8 Å². The Balaban J connectivity index is -0.000000240. The molecule has 0 rings (SSSR count). The molecule has 0 amide bonds. The molecule has 78 heavy (non-hydrogen) atoms. The van der Waals surface area contributed by atoms with Gasteiger partial charge in [-0.3, -0.25) is 23.1 Å². The molecule has 13 nitrogen and oxygen atoms in total. The van der Waals surface area contributed by atoms with Crippen LogP contribution in [-0.2, 0) is 29.0 Å². The molecular weight excluding hydrogens is 1000 g/mol. The number of carbonyl (C=O) groups is 3. The Morgan fingerprint density at radius 3 is 0.615 bits per heavy atom. The van der Waals surface area contributed by atoms with Crippen LogP contribution >= 0.6 is 0 Å². The van der Waals surface area contributed by atoms with E-state index in [-0.39, 0.29) is 22.7 Å². The van der Waals surface area contributed by atoms with E-state index in [1.165, 1.54) is 231 Å². The van der Waals surface area contributed by atoms with E-state index in [0.717, 1.165) is 65.3 Å². The van der Waals surface area contributed by atoms with Gasteiger partial charge in [0.1, 0.15) is 17.3 Å². The van der Waals surface area contributed by atoms with Crippen LogP contribution in [0.15, 0.2) is 0 Å². The zero-order valence-corrected chi connectivity index (χ0v) is 53.5. The van der Waals surface area contributed by atoms with Crippen LogP contribution in [0.2, 0.25) is 0 Å². The minimum Gasteiger partial charge on any atom is -0.395 e. The molecule has 0 radical (unpaired) electrons. The van der Waals surface area contributed by atoms with Crippen LogP contribution in [0.25, 0.3) is 0 Å². The fourth-order valence-corrected chi connectivity index (χ4v) is 9.19. The second kappa shape index (κ2) is 69.9. The minimum atomic E-state index is -4.16. The summed E-state index contributed by atoms with van der Waals surface area (Å²) < 4.78 is 29.7. The molecule has 0 fully saturated rings. The van der Waals surface area contributed by atoms with E-state index in [2.05, 4.69) is 25.0 Å². The first-order chi connectivity index (χ1) is 37.7. The Labute approximate surface area is 487 Å². The summed E-state index contributed by atoms with van der Waals surface area (Å²) in [6, 6.07) is 0. The van der Waals surface area contributed by atoms with Gasteiger partial charge in [0.15, 0.2) is 0 Å². The van der Waals surface area contributed by atoms with Gasteiger partial charge in [-0.2, -0.15) is 8.42 Å². The Hall–Kier alpha value is -1.36. The molecule has 14 heteroatoms. The van der Waals surface area contributed by atoms with Crippen molar-refractivity contribution >= 4 is 27.7 Å². The zero-order chi connectivity index (χ0) is 58.9. The summed E-state index contributed by atoms with van der Waals surface area (Å²) in [6.45, 7) is 11.6. The number of nitrogens with zero attached hydrogens (tertiary/aromatic N) is 3. The van der Waals surface area contributed by atoms with E-state index in [1.54, 1.807) is 0 Å². The molecule has 0 bridgehead atoms. The largest absolute Gasteiger partial charge is 0.397 e. The Bertz CT molecular complexity index is 1200. The fourth-order valence-electron chi connectivity index (χ4n) is 9.19. The second-order valence-corrected chi connectivity index (χ2v) is 23.7. The maximum absolute atomic E-state index is 11.8. The van der Waals surface area contributed by atoms with Crippen molar-refractivity contribution in [2.75, 3.05) is 87.3 Å². The number of ketones is 3. The molecule has 0 saturated heterocycles. The molecule has 0 aliphatic heterocycles. The molecular formula is C64H137N3O10S. The van der Waals surface area contributed by atoms with Gasteiger partial charge >= 0.3 is 10.4 Å². The topological polar surface area (TPSA) is 185 Å². The molecule has 0 aromatic heterocycles. The normalized spacial score (nSPS) is 11.4. The van der Waals surface area contributed by atoms with Gasteiger partial charge in [0.05, 0.1) is 26.9 Å². The monoisotopic (exact) mass is 1140 g/mol. The molecule has 0 heterocycles. The van der Waals surface area contributed by atoms with Crippen molar-refractivity contribution in [2.24, 2.45) is 0 Å². The van der Waals surface area contributed by atoms with E-state index in [4.69, 9.17) is 19.9 Å². The van der Waals surface area contributed by atoms with Gasteiger partial charge in [-0.05, 0) is 40.4 Å². The number of hydrogen-bond acceptors (Lipinski definition) is 12. The summed E-state index contributed by atoms with van der Waals surface area (Å²) in [5, 5.41) is 26.4. The zero-order valence-electron chi connectivity index (χ0n) is 52.7. The van der Waals surface area contributed by atoms with Crippen LogP contribution in [0.1, 0.15) is 313 Å². The molecule has 0 aliphatic carbocycles. The molecule has 0 atom stereocenters. The van der Waals surface area contributed by atoms with Crippen molar-refractivity contribution in [2.45, 2.75) is 310 Å². The van der Waals surface area contributed by atoms with Gasteiger partial charge in [0, 0.05) is 80.6 Å². The lowest BCUT2D eigenvalue weighted by atomic mass is 10.0. The predicted molar refractivity (Wildman–Crippen MR) is 336 cm³/mol. The second-order valence-electron chi connectivity index (χ2n) is 22.5. The third kappa shape index (κ3) is 81.1. The maximum Gasteiger partial charge on any atom is 0.397 e. The Morgan fingerprint density at radius 2 is 0.474 bits per heavy atom. The first-order valence-corrected chi connectivity index (χ1v) is 34.0. The van der Waals surface area contributed by atoms with Crippen LogP contribution in [0.5, 0.6) is 0 Å². The van der Waals surface area contributed by atoms with Crippen molar-refractivity contribution < 1.29 is 49.7 Å². The predicted octanol–water partition coefficient (Wildman–Crippen LogP) is 16.0. The molecule has 0 unspecified atom stereocenters. The standard InChI is InChI=1S/3C21H43NO2.CH4O4S.2H2/c3*1-3-4-5-6-7-8-9-10-11-12-13-14-15-16-21(24)17-18-22(2)19-20-23;1-5-6(2,3)4;;/h3*23H,3-20H2,1-2H3;1H3,(H,2,3,4);2*1H. The average molecular weight is 1140 g/mol. The van der Waals surface area contributed by atoms with Crippen molar-refractivity contribution in [1.29, 1.82) is 0 Å². The smallest absolute Gasteiger partial charge is 0.395 e. The summed E-state index contributed by atoms with van der Waals surface area (Å²) in [5.74, 6) is 1.13. The lowest BCUT2D eigenvalue weighted by Crippen LogP contribution is -2.24. The summed E-state index contributed by atoms with van der Waals surface area (Å²) in [6.07, 6.45) is 56.6. The van der Waals surface area contributed by atoms with Gasteiger partial charge in [0.2, 0.25) is 0 Å². The molecule has 474 valence electrons. The van der Waals surface area contributed by atoms with Gasteiger partial charge in [0.25, 0.3) is 0 Å². The third-order valence-electron chi connectivity index (χ3n) is 14.7. The number of likely N-dealkylation sites (N-methyl/N-ethyl adjacent to an activating group) is 3. The molecule has 4 N–H and O–H groups in total. The molecule has 0 aliphatic rings. The van der Waals surface area contributed by atoms with E-state index in [0.29, 0.717) is 56.2 Å². The number of Topliss-reactive ketones (excluding diaryl/α,β-unsaturated/α-hetero) is 3. The summed E-state index contributed by atoms with van der Waals surface area (Å²) in [4.78, 5) is 41.3. The van der Waals surface area contributed by atoms with Crippen LogP contribution in [-0.4, -0.2) is 148 Å². The SMILES string of the molecule is CCCCCCCCCCCCCCCC(=O)CCN(C)CCO.CCCCCCCCCCCCCCCC(=O)CCN(C)CCO.CCCCCCCCCCCCCCCC(=O)CCN(C)CCO.COS(=O)(=O)O.[HH].[HH]. The Morgan fingerprint density at radius 1 is 0.321 bits per heavy atom. The van der Waals surface area contributed by atoms with Gasteiger partial charge < -0.3 is 30.0 Å². The van der Waals surface area contributed by atoms with Gasteiger partial charge in [-0.1, -0.05) is 252 Å². The number of hydrogen-bond donors (Lipinski definition) is 4. The van der Waals surface area contributed by atoms with Gasteiger partial charge in [-0.25, -0.2) is 0 Å². The summed E-state index contributed by atoms with van der Waals surface area (Å²) >= 11 is 0. The lowest BCUT2D eigenvalue weighted by Gasteiger charge is -2.13. The van der Waals surface area contributed by atoms with Crippen molar-refractivity contribution in [1.82, 2.24) is 14.7 Å². The first-order valence-electron chi connectivity index (χ1n) is 32.6. The maximum atomic E-state index is 11.8. The highest BCUT2D eigenvalue weighted by molar-refractivity contribution is 7.80. The molecule has 0 aromatic carbocycles. The fraction of sp³-hybridized carbons (Fsp3) is 0.953. The number of aliphatic hydroxyl groups is 3. The highest BCUT2D eigenvalue weighted by Gasteiger charge is 2.07. The van der Waals surface area contributed by atoms with Crippen LogP contribution in [0, 0.1) is 0 Å². The minimum absolute atomic E-state index is 0. The van der Waals surface area contributed by atoms with Crippen LogP contribution < -0.4 is 0 Å². The highest BCUT2D eigenvalue weighted by atomic mass is 32.3. The molecule has 0 aromatic rings. The van der Waals surface area contributed by atoms with Crippen molar-refractivity contribution in [3.63, 3.8) is 0 Å². The number of aliphatic hydroxyl groups excluding tert-OH is 3. The quantitative estimate of drug-likeness (QED) is 0.0333. The van der Waals surface area contributed by atoms with Crippen LogP contribution in [0.3, 0.4) is 0 Å². The lowest BCUT2D eigenvalue weighted by molar-refractivity contribution is -0.120. The Kier molecular flexibility index (Phi) is 74.5. The van der Waals surface area contributed by atoms with Gasteiger partial charge in [-0.15, -0.1) is 0 Å². The molecule has 0 saturated carbocycles. The molecule has 0 spiro atoms. The van der Waals surface area contributed by atoms with Crippen LogP contribution in [0.4, 0.5) is 0 Å². The summed E-state index contributed by atoms with van der Waals surface area (Å²) in [7, 11) is 2.57. The van der Waals surface area contributed by atoms with E-state index < -0.39 is 10.4 Å². The third-order valence-corrected chi connectivity index (χ3v) is 15.1.